The molecule has 5 heteroatoms. The highest BCUT2D eigenvalue weighted by Gasteiger charge is 2.21. The molecule has 1 saturated carbocycles. The van der Waals surface area contributed by atoms with Gasteiger partial charge in [0.05, 0.1) is 0 Å². The van der Waals surface area contributed by atoms with Crippen LogP contribution in [0.2, 0.25) is 0 Å². The smallest absolute Gasteiger partial charge is 0.255 e. The predicted molar refractivity (Wildman–Crippen MR) is 113 cm³/mol. The molecule has 2 aromatic carbocycles. The Morgan fingerprint density at radius 3 is 2.54 bits per heavy atom. The van der Waals surface area contributed by atoms with Crippen LogP contribution in [0.25, 0.3) is 0 Å². The van der Waals surface area contributed by atoms with E-state index in [4.69, 9.17) is 0 Å². The average Bonchev–Trinajstić information content (AvgIpc) is 2.74. The maximum Gasteiger partial charge on any atom is 0.255 e. The van der Waals surface area contributed by atoms with E-state index in [1.807, 2.05) is 37.3 Å². The van der Waals surface area contributed by atoms with Crippen LogP contribution >= 0.6 is 0 Å². The largest absolute Gasteiger partial charge is 0.326 e. The van der Waals surface area contributed by atoms with E-state index in [-0.39, 0.29) is 17.7 Å². The number of carbonyl (C=O) groups excluding carboxylic acids is 2. The minimum atomic E-state index is -0.183. The summed E-state index contributed by atoms with van der Waals surface area (Å²) in [5.74, 6) is -0.0323. The Hall–Kier alpha value is -2.66. The lowest BCUT2D eigenvalue weighted by Gasteiger charge is -2.20. The molecule has 0 radical (unpaired) electrons. The van der Waals surface area contributed by atoms with Crippen molar-refractivity contribution in [2.24, 2.45) is 5.92 Å². The van der Waals surface area contributed by atoms with Gasteiger partial charge >= 0.3 is 0 Å². The van der Waals surface area contributed by atoms with Gasteiger partial charge in [-0.1, -0.05) is 50.5 Å². The molecule has 3 rings (SSSR count). The molecule has 0 heterocycles. The van der Waals surface area contributed by atoms with Crippen LogP contribution in [0.1, 0.15) is 54.9 Å². The highest BCUT2D eigenvalue weighted by atomic mass is 16.2. The lowest BCUT2D eigenvalue weighted by Crippen LogP contribution is -2.25. The summed E-state index contributed by atoms with van der Waals surface area (Å²) in [7, 11) is 0. The number of amides is 2. The average molecular weight is 380 g/mol. The number of benzene rings is 2. The quantitative estimate of drug-likeness (QED) is 0.660. The molecule has 1 aliphatic rings. The second kappa shape index (κ2) is 10.0. The van der Waals surface area contributed by atoms with Crippen LogP contribution in [0.15, 0.2) is 48.5 Å². The molecule has 2 aromatic rings. The van der Waals surface area contributed by atoms with Crippen molar-refractivity contribution in [1.29, 1.82) is 0 Å². The Morgan fingerprint density at radius 2 is 1.75 bits per heavy atom. The van der Waals surface area contributed by atoms with E-state index in [0.29, 0.717) is 17.8 Å². The number of nitrogens with one attached hydrogen (secondary N) is 3. The highest BCUT2D eigenvalue weighted by molar-refractivity contribution is 6.05. The topological polar surface area (TPSA) is 70.2 Å². The first-order valence-electron chi connectivity index (χ1n) is 10.2. The van der Waals surface area contributed by atoms with Crippen molar-refractivity contribution in [3.05, 3.63) is 59.7 Å². The Balaban J connectivity index is 1.66. The summed E-state index contributed by atoms with van der Waals surface area (Å²) in [4.78, 5) is 25.2. The number of rotatable bonds is 7. The van der Waals surface area contributed by atoms with Gasteiger partial charge in [0, 0.05) is 29.4 Å². The van der Waals surface area contributed by atoms with E-state index in [1.165, 1.54) is 6.42 Å². The van der Waals surface area contributed by atoms with Gasteiger partial charge in [0.1, 0.15) is 0 Å². The fraction of sp³-hybridized carbons (Fsp3) is 0.391. The van der Waals surface area contributed by atoms with E-state index in [9.17, 15) is 9.59 Å². The molecule has 0 bridgehead atoms. The summed E-state index contributed by atoms with van der Waals surface area (Å²) in [6.07, 6.45) is 5.36. The van der Waals surface area contributed by atoms with Crippen LogP contribution < -0.4 is 16.0 Å². The second-order valence-corrected chi connectivity index (χ2v) is 7.30. The van der Waals surface area contributed by atoms with E-state index < -0.39 is 0 Å². The molecule has 5 nitrogen and oxygen atoms in total. The van der Waals surface area contributed by atoms with E-state index in [2.05, 4.69) is 16.0 Å². The Bertz CT molecular complexity index is 813. The SMILES string of the molecule is CCNCc1ccccc1NC(=O)c1cccc(NC(=O)C2CCCCC2)c1. The first-order chi connectivity index (χ1) is 13.7. The lowest BCUT2D eigenvalue weighted by molar-refractivity contribution is -0.120. The third-order valence-electron chi connectivity index (χ3n) is 5.20. The first kappa shape index (κ1) is 20.1. The molecule has 0 spiro atoms. The number of hydrogen-bond acceptors (Lipinski definition) is 3. The maximum absolute atomic E-state index is 12.7. The first-order valence-corrected chi connectivity index (χ1v) is 10.2. The Morgan fingerprint density at radius 1 is 0.964 bits per heavy atom. The third-order valence-corrected chi connectivity index (χ3v) is 5.20. The van der Waals surface area contributed by atoms with Crippen molar-refractivity contribution in [3.8, 4) is 0 Å². The normalized spacial score (nSPS) is 14.5. The number of hydrogen-bond donors (Lipinski definition) is 3. The third kappa shape index (κ3) is 5.42. The summed E-state index contributed by atoms with van der Waals surface area (Å²) < 4.78 is 0. The van der Waals surface area contributed by atoms with Gasteiger partial charge in [0.25, 0.3) is 5.91 Å². The zero-order valence-corrected chi connectivity index (χ0v) is 16.5. The van der Waals surface area contributed by atoms with Crippen LogP contribution in [0.3, 0.4) is 0 Å². The monoisotopic (exact) mass is 379 g/mol. The molecule has 1 fully saturated rings. The van der Waals surface area contributed by atoms with Crippen molar-refractivity contribution in [3.63, 3.8) is 0 Å². The van der Waals surface area contributed by atoms with Gasteiger partial charge < -0.3 is 16.0 Å². The molecular formula is C23H29N3O2. The summed E-state index contributed by atoms with van der Waals surface area (Å²) in [5, 5.41) is 9.25. The van der Waals surface area contributed by atoms with Crippen molar-refractivity contribution in [2.75, 3.05) is 17.2 Å². The van der Waals surface area contributed by atoms with E-state index in [0.717, 1.165) is 43.5 Å². The molecule has 1 aliphatic carbocycles. The standard InChI is InChI=1S/C23H29N3O2/c1-2-24-16-19-11-6-7-14-21(19)26-23(28)18-12-8-13-20(15-18)25-22(27)17-9-4-3-5-10-17/h6-8,11-15,17,24H,2-5,9-10,16H2,1H3,(H,25,27)(H,26,28). The number of anilines is 2. The zero-order chi connectivity index (χ0) is 19.8. The summed E-state index contributed by atoms with van der Waals surface area (Å²) in [6.45, 7) is 3.61. The van der Waals surface area contributed by atoms with Crippen molar-refractivity contribution in [2.45, 2.75) is 45.6 Å². The second-order valence-electron chi connectivity index (χ2n) is 7.30. The number of para-hydroxylation sites is 1. The van der Waals surface area contributed by atoms with Gasteiger partial charge in [-0.15, -0.1) is 0 Å². The lowest BCUT2D eigenvalue weighted by atomic mass is 9.88. The van der Waals surface area contributed by atoms with Gasteiger partial charge in [-0.05, 0) is 49.2 Å². The summed E-state index contributed by atoms with van der Waals surface area (Å²) in [6, 6.07) is 14.9. The molecule has 0 unspecified atom stereocenters. The van der Waals surface area contributed by atoms with Crippen LogP contribution in [-0.2, 0) is 11.3 Å². The Labute approximate surface area is 166 Å². The van der Waals surface area contributed by atoms with Crippen LogP contribution in [-0.4, -0.2) is 18.4 Å². The molecular weight excluding hydrogens is 350 g/mol. The zero-order valence-electron chi connectivity index (χ0n) is 16.5. The van der Waals surface area contributed by atoms with Gasteiger partial charge in [-0.3, -0.25) is 9.59 Å². The summed E-state index contributed by atoms with van der Waals surface area (Å²) >= 11 is 0. The molecule has 0 saturated heterocycles. The maximum atomic E-state index is 12.7. The van der Waals surface area contributed by atoms with E-state index in [1.54, 1.807) is 18.2 Å². The van der Waals surface area contributed by atoms with Crippen molar-refractivity contribution >= 4 is 23.2 Å². The van der Waals surface area contributed by atoms with Crippen molar-refractivity contribution < 1.29 is 9.59 Å². The fourth-order valence-corrected chi connectivity index (χ4v) is 3.60. The molecule has 0 aromatic heterocycles. The van der Waals surface area contributed by atoms with E-state index >= 15 is 0 Å². The molecule has 0 aliphatic heterocycles. The highest BCUT2D eigenvalue weighted by Crippen LogP contribution is 2.25. The van der Waals surface area contributed by atoms with Gasteiger partial charge in [0.15, 0.2) is 0 Å². The van der Waals surface area contributed by atoms with Crippen LogP contribution in [0.4, 0.5) is 11.4 Å². The van der Waals surface area contributed by atoms with Crippen LogP contribution in [0.5, 0.6) is 0 Å². The molecule has 148 valence electrons. The predicted octanol–water partition coefficient (Wildman–Crippen LogP) is 4.57. The fourth-order valence-electron chi connectivity index (χ4n) is 3.60. The summed E-state index contributed by atoms with van der Waals surface area (Å²) in [5.41, 5.74) is 3.04. The van der Waals surface area contributed by atoms with Gasteiger partial charge in [0.2, 0.25) is 5.91 Å². The van der Waals surface area contributed by atoms with Crippen LogP contribution in [0, 0.1) is 5.92 Å². The number of carbonyl (C=O) groups is 2. The molecule has 2 amide bonds. The molecule has 3 N–H and O–H groups in total. The molecule has 0 atom stereocenters. The molecule has 28 heavy (non-hydrogen) atoms. The minimum absolute atomic E-state index is 0.0632. The van der Waals surface area contributed by atoms with Gasteiger partial charge in [-0.2, -0.15) is 0 Å². The Kier molecular flexibility index (Phi) is 7.20. The van der Waals surface area contributed by atoms with Gasteiger partial charge in [-0.25, -0.2) is 0 Å². The van der Waals surface area contributed by atoms with Crippen molar-refractivity contribution in [1.82, 2.24) is 5.32 Å². The minimum Gasteiger partial charge on any atom is -0.326 e.